The van der Waals surface area contributed by atoms with E-state index in [0.29, 0.717) is 0 Å². The number of benzene rings is 1. The molecule has 0 aliphatic heterocycles. The van der Waals surface area contributed by atoms with Gasteiger partial charge in [0.2, 0.25) is 0 Å². The molecule has 1 atom stereocenters. The summed E-state index contributed by atoms with van der Waals surface area (Å²) in [5.41, 5.74) is 1.27. The predicted molar refractivity (Wildman–Crippen MR) is 89.0 cm³/mol. The Bertz CT molecular complexity index is 483. The summed E-state index contributed by atoms with van der Waals surface area (Å²) >= 11 is 0. The van der Waals surface area contributed by atoms with Gasteiger partial charge in [0, 0.05) is 0 Å². The fraction of sp³-hybridized carbons (Fsp3) is 0.588. The third-order valence-electron chi connectivity index (χ3n) is 4.12. The topological polar surface area (TPSA) is 42.2 Å². The molecular formula is C17H27NO2Si. The highest BCUT2D eigenvalue weighted by Gasteiger charge is 2.39. The van der Waals surface area contributed by atoms with Crippen LogP contribution < -0.4 is 4.74 Å². The van der Waals surface area contributed by atoms with Crippen molar-refractivity contribution in [2.45, 2.75) is 58.4 Å². The van der Waals surface area contributed by atoms with E-state index in [2.05, 4.69) is 46.9 Å². The fourth-order valence-corrected chi connectivity index (χ4v) is 2.81. The molecule has 0 N–H and O–H groups in total. The van der Waals surface area contributed by atoms with Crippen LogP contribution in [0.4, 0.5) is 0 Å². The lowest BCUT2D eigenvalue weighted by molar-refractivity contribution is 0.155. The molecule has 1 rings (SSSR count). The summed E-state index contributed by atoms with van der Waals surface area (Å²) < 4.78 is 11.8. The number of hydrogen-bond donors (Lipinski definition) is 0. The van der Waals surface area contributed by atoms with Crippen LogP contribution in [-0.4, -0.2) is 21.0 Å². The van der Waals surface area contributed by atoms with Crippen LogP contribution in [0, 0.1) is 11.3 Å². The Hall–Kier alpha value is -1.31. The predicted octanol–water partition coefficient (Wildman–Crippen LogP) is 4.54. The molecule has 0 saturated carbocycles. The summed E-state index contributed by atoms with van der Waals surface area (Å²) in [5, 5.41) is 9.37. The van der Waals surface area contributed by atoms with Gasteiger partial charge in [0.25, 0.3) is 0 Å². The van der Waals surface area contributed by atoms with Crippen molar-refractivity contribution in [1.29, 1.82) is 5.26 Å². The van der Waals surface area contributed by atoms with Gasteiger partial charge in [-0.15, -0.1) is 0 Å². The molecule has 3 nitrogen and oxygen atoms in total. The van der Waals surface area contributed by atoms with E-state index in [1.54, 1.807) is 0 Å². The minimum atomic E-state index is -1.94. The van der Waals surface area contributed by atoms with E-state index in [-0.39, 0.29) is 11.6 Å². The van der Waals surface area contributed by atoms with Gasteiger partial charge in [-0.25, -0.2) is 0 Å². The largest absolute Gasteiger partial charge is 0.490 e. The van der Waals surface area contributed by atoms with E-state index >= 15 is 0 Å². The summed E-state index contributed by atoms with van der Waals surface area (Å²) in [5.74, 6) is 0.784. The van der Waals surface area contributed by atoms with Crippen molar-refractivity contribution >= 4 is 8.32 Å². The molecule has 0 spiro atoms. The van der Waals surface area contributed by atoms with Crippen LogP contribution in [0.3, 0.4) is 0 Å². The first-order valence-electron chi connectivity index (χ1n) is 7.49. The highest BCUT2D eigenvalue weighted by atomic mass is 28.4. The van der Waals surface area contributed by atoms with Crippen LogP contribution in [0.5, 0.6) is 5.75 Å². The Morgan fingerprint density at radius 3 is 2.19 bits per heavy atom. The first-order chi connectivity index (χ1) is 9.69. The molecule has 0 fully saturated rings. The maximum Gasteiger partial charge on any atom is 0.194 e. The third-order valence-corrected chi connectivity index (χ3v) is 8.61. The average molecular weight is 305 g/mol. The van der Waals surface area contributed by atoms with Crippen molar-refractivity contribution in [3.05, 3.63) is 29.8 Å². The van der Waals surface area contributed by atoms with Gasteiger partial charge >= 0.3 is 0 Å². The molecule has 4 heteroatoms. The van der Waals surface area contributed by atoms with Gasteiger partial charge in [-0.2, -0.15) is 5.26 Å². The summed E-state index contributed by atoms with van der Waals surface area (Å²) in [4.78, 5) is 0. The van der Waals surface area contributed by atoms with Gasteiger partial charge in [-0.05, 0) is 42.2 Å². The monoisotopic (exact) mass is 305 g/mol. The summed E-state index contributed by atoms with van der Waals surface area (Å²) in [6, 6.07) is 10.2. The summed E-state index contributed by atoms with van der Waals surface area (Å²) in [7, 11) is -1.94. The van der Waals surface area contributed by atoms with Gasteiger partial charge in [-0.1, -0.05) is 39.8 Å². The molecule has 0 aliphatic rings. The number of ether oxygens (including phenoxy) is 1. The smallest absolute Gasteiger partial charge is 0.194 e. The van der Waals surface area contributed by atoms with Crippen LogP contribution >= 0.6 is 0 Å². The average Bonchev–Trinajstić information content (AvgIpc) is 2.42. The molecule has 116 valence electrons. The molecule has 21 heavy (non-hydrogen) atoms. The Morgan fingerprint density at radius 1 is 1.19 bits per heavy atom. The van der Waals surface area contributed by atoms with E-state index in [1.807, 2.05) is 24.3 Å². The van der Waals surface area contributed by atoms with Gasteiger partial charge < -0.3 is 9.16 Å². The zero-order valence-corrected chi connectivity index (χ0v) is 15.1. The number of nitrogens with zero attached hydrogens (tertiary/aromatic N) is 1. The zero-order chi connectivity index (χ0) is 16.1. The molecule has 0 aliphatic carbocycles. The highest BCUT2D eigenvalue weighted by molar-refractivity contribution is 6.74. The fourth-order valence-electron chi connectivity index (χ4n) is 1.62. The summed E-state index contributed by atoms with van der Waals surface area (Å²) in [6.45, 7) is 13.2. The van der Waals surface area contributed by atoms with Crippen LogP contribution in [0.25, 0.3) is 0 Å². The van der Waals surface area contributed by atoms with E-state index in [1.165, 1.54) is 5.56 Å². The molecule has 0 heterocycles. The van der Waals surface area contributed by atoms with E-state index in [4.69, 9.17) is 9.16 Å². The van der Waals surface area contributed by atoms with Gasteiger partial charge in [0.05, 0.1) is 6.07 Å². The normalized spacial score (nSPS) is 13.6. The van der Waals surface area contributed by atoms with Gasteiger partial charge in [0.1, 0.15) is 12.4 Å². The van der Waals surface area contributed by atoms with Crippen LogP contribution in [0.1, 0.15) is 33.3 Å². The maximum absolute atomic E-state index is 9.28. The third kappa shape index (κ3) is 5.18. The molecule has 0 radical (unpaired) electrons. The van der Waals surface area contributed by atoms with Crippen molar-refractivity contribution in [2.75, 3.05) is 6.61 Å². The first-order valence-corrected chi connectivity index (χ1v) is 10.4. The number of nitriles is 1. The molecule has 1 unspecified atom stereocenters. The molecule has 0 saturated heterocycles. The van der Waals surface area contributed by atoms with Crippen molar-refractivity contribution < 1.29 is 9.16 Å². The number of hydrogen-bond acceptors (Lipinski definition) is 3. The van der Waals surface area contributed by atoms with Crippen molar-refractivity contribution in [3.8, 4) is 11.8 Å². The van der Waals surface area contributed by atoms with E-state index < -0.39 is 14.4 Å². The maximum atomic E-state index is 9.28. The molecule has 0 amide bonds. The zero-order valence-electron chi connectivity index (χ0n) is 14.1. The molecule has 0 bridgehead atoms. The first kappa shape index (κ1) is 17.7. The van der Waals surface area contributed by atoms with Crippen LogP contribution in [-0.2, 0) is 10.8 Å². The second-order valence-corrected chi connectivity index (χ2v) is 11.6. The lowest BCUT2D eigenvalue weighted by Crippen LogP contribution is -2.45. The number of aryl methyl sites for hydroxylation is 1. The molecular weight excluding hydrogens is 278 g/mol. The van der Waals surface area contributed by atoms with E-state index in [0.717, 1.165) is 12.2 Å². The molecule has 0 aromatic heterocycles. The Labute approximate surface area is 130 Å². The second kappa shape index (κ2) is 7.10. The van der Waals surface area contributed by atoms with Gasteiger partial charge in [-0.3, -0.25) is 0 Å². The SMILES string of the molecule is CCc1ccc(OCC(C#N)O[Si](C)(C)C(C)(C)C)cc1. The second-order valence-electron chi connectivity index (χ2n) is 6.80. The van der Waals surface area contributed by atoms with Crippen LogP contribution in [0.15, 0.2) is 24.3 Å². The quantitative estimate of drug-likeness (QED) is 0.724. The lowest BCUT2D eigenvalue weighted by Gasteiger charge is -2.37. The van der Waals surface area contributed by atoms with Crippen molar-refractivity contribution in [1.82, 2.24) is 0 Å². The standard InChI is InChI=1S/C17H27NO2Si/c1-7-14-8-10-15(11-9-14)19-13-16(12-18)20-21(5,6)17(2,3)4/h8-11,16H,7,13H2,1-6H3. The van der Waals surface area contributed by atoms with Crippen LogP contribution in [0.2, 0.25) is 18.1 Å². The minimum Gasteiger partial charge on any atom is -0.490 e. The van der Waals surface area contributed by atoms with E-state index in [9.17, 15) is 5.26 Å². The molecule has 1 aromatic rings. The number of rotatable bonds is 6. The van der Waals surface area contributed by atoms with Gasteiger partial charge in [0.15, 0.2) is 14.4 Å². The summed E-state index contributed by atoms with van der Waals surface area (Å²) in [6.07, 6.45) is 0.493. The Kier molecular flexibility index (Phi) is 6.00. The Balaban J connectivity index is 2.61. The van der Waals surface area contributed by atoms with Crippen molar-refractivity contribution in [3.63, 3.8) is 0 Å². The Morgan fingerprint density at radius 2 is 1.76 bits per heavy atom. The van der Waals surface area contributed by atoms with Crippen molar-refractivity contribution in [2.24, 2.45) is 0 Å². The minimum absolute atomic E-state index is 0.0882. The molecule has 1 aromatic carbocycles. The lowest BCUT2D eigenvalue weighted by atomic mass is 10.2. The highest BCUT2D eigenvalue weighted by Crippen LogP contribution is 2.37.